The van der Waals surface area contributed by atoms with Crippen LogP contribution in [-0.2, 0) is 37.5 Å². The quantitative estimate of drug-likeness (QED) is 0.651. The third-order valence-corrected chi connectivity index (χ3v) is 1.88. The summed E-state index contributed by atoms with van der Waals surface area (Å²) in [5.41, 5.74) is 11.5. The topological polar surface area (TPSA) is 134 Å². The van der Waals surface area contributed by atoms with Crippen molar-refractivity contribution in [1.82, 2.24) is 19.9 Å². The zero-order chi connectivity index (χ0) is 11.5. The van der Waals surface area contributed by atoms with Gasteiger partial charge >= 0.3 is 0 Å². The van der Waals surface area contributed by atoms with Crippen molar-refractivity contribution in [1.29, 1.82) is 0 Å². The van der Waals surface area contributed by atoms with Crippen LogP contribution >= 0.6 is 0 Å². The molecule has 0 fully saturated rings. The summed E-state index contributed by atoms with van der Waals surface area (Å²) >= 11 is 0. The first kappa shape index (κ1) is 13.9. The normalized spacial score (nSPS) is 9.94. The smallest absolute Gasteiger partial charge is 0.226 e. The van der Waals surface area contributed by atoms with Gasteiger partial charge in [-0.15, -0.1) is 0 Å². The van der Waals surface area contributed by atoms with Gasteiger partial charge in [-0.05, 0) is 6.33 Å². The monoisotopic (exact) mass is 309 g/mol. The predicted molar refractivity (Wildman–Crippen MR) is 57.4 cm³/mol. The zero-order valence-electron chi connectivity index (χ0n) is 8.92. The summed E-state index contributed by atoms with van der Waals surface area (Å²) in [6, 6.07) is 0. The molecule has 0 spiro atoms. The number of nitrogens with zero attached hydrogens (tertiary/aromatic N) is 4. The molecule has 17 heavy (non-hydrogen) atoms. The molecule has 1 amide bonds. The van der Waals surface area contributed by atoms with Crippen molar-refractivity contribution in [3.05, 3.63) is 6.33 Å². The van der Waals surface area contributed by atoms with Crippen LogP contribution in [0.25, 0.3) is 11.2 Å². The van der Waals surface area contributed by atoms with Gasteiger partial charge in [-0.3, -0.25) is 4.79 Å². The van der Waals surface area contributed by atoms with E-state index in [1.807, 2.05) is 0 Å². The summed E-state index contributed by atoms with van der Waals surface area (Å²) in [5.74, 6) is 0.0550. The summed E-state index contributed by atoms with van der Waals surface area (Å²) < 4.78 is 0. The summed E-state index contributed by atoms with van der Waals surface area (Å²) in [7, 11) is 0. The third-order valence-electron chi connectivity index (χ3n) is 1.88. The average molecular weight is 309 g/mol. The minimum atomic E-state index is -0.245. The maximum Gasteiger partial charge on any atom is 0.226 e. The number of aromatic nitrogens is 4. The van der Waals surface area contributed by atoms with Gasteiger partial charge in [0.15, 0.2) is 0 Å². The summed E-state index contributed by atoms with van der Waals surface area (Å²) in [6.07, 6.45) is 1.54. The molecule has 1 radical (unpaired) electrons. The van der Waals surface area contributed by atoms with Gasteiger partial charge in [-0.25, -0.2) is 4.98 Å². The second-order valence-electron chi connectivity index (χ2n) is 3.06. The van der Waals surface area contributed by atoms with E-state index in [-0.39, 0.29) is 63.3 Å². The van der Waals surface area contributed by atoms with Crippen LogP contribution in [0.1, 0.15) is 6.42 Å². The number of carbonyl (C=O) groups excluding carboxylic acids is 1. The van der Waals surface area contributed by atoms with Crippen LogP contribution in [0.2, 0.25) is 0 Å². The summed E-state index contributed by atoms with van der Waals surface area (Å²) in [5, 5.41) is 2.56. The second kappa shape index (κ2) is 5.99. The Morgan fingerprint density at radius 2 is 2.24 bits per heavy atom. The minimum absolute atomic E-state index is 0. The standard InChI is InChI=1S/C8H11N7O.Y/c9-2-1-4(16)13-7-5-6(12-3-11-5)14-8(10)15-7;/h3H,1-2,9H2,(H4,10,11,12,13,14,15,16);/p-1. The Morgan fingerprint density at radius 3 is 2.94 bits per heavy atom. The molecule has 0 saturated heterocycles. The first-order chi connectivity index (χ1) is 7.70. The fourth-order valence-electron chi connectivity index (χ4n) is 1.22. The molecule has 0 saturated carbocycles. The molecule has 2 heterocycles. The largest absolute Gasteiger partial charge is 0.381 e. The van der Waals surface area contributed by atoms with Crippen LogP contribution < -0.4 is 21.8 Å². The van der Waals surface area contributed by atoms with Gasteiger partial charge in [0.05, 0.1) is 0 Å². The molecule has 9 heteroatoms. The maximum absolute atomic E-state index is 11.3. The van der Waals surface area contributed by atoms with Crippen molar-refractivity contribution in [3.8, 4) is 0 Å². The van der Waals surface area contributed by atoms with Crippen molar-refractivity contribution in [2.45, 2.75) is 6.42 Å². The molecule has 5 N–H and O–H groups in total. The van der Waals surface area contributed by atoms with E-state index in [0.717, 1.165) is 0 Å². The van der Waals surface area contributed by atoms with E-state index in [1.54, 1.807) is 0 Å². The molecular weight excluding hydrogens is 299 g/mol. The van der Waals surface area contributed by atoms with Crippen LogP contribution in [0.5, 0.6) is 0 Å². The molecule has 87 valence electrons. The number of imidazole rings is 1. The first-order valence-electron chi connectivity index (χ1n) is 4.61. The number of hydrogen-bond donors (Lipinski definition) is 3. The Kier molecular flexibility index (Phi) is 4.91. The van der Waals surface area contributed by atoms with Gasteiger partial charge in [0.1, 0.15) is 11.8 Å². The fraction of sp³-hybridized carbons (Fsp3) is 0.250. The molecule has 0 atom stereocenters. The molecule has 0 bridgehead atoms. The molecule has 0 aliphatic heterocycles. The van der Waals surface area contributed by atoms with Crippen LogP contribution in [-0.4, -0.2) is 27.4 Å². The van der Waals surface area contributed by atoms with E-state index in [2.05, 4.69) is 25.3 Å². The Hall–Kier alpha value is -1.12. The van der Waals surface area contributed by atoms with E-state index in [0.29, 0.717) is 11.2 Å². The zero-order valence-corrected chi connectivity index (χ0v) is 11.8. The molecule has 0 aliphatic carbocycles. The number of anilines is 2. The van der Waals surface area contributed by atoms with Crippen LogP contribution in [0, 0.1) is 0 Å². The third kappa shape index (κ3) is 3.18. The van der Waals surface area contributed by atoms with Crippen molar-refractivity contribution >= 4 is 28.8 Å². The van der Waals surface area contributed by atoms with Crippen molar-refractivity contribution in [3.63, 3.8) is 0 Å². The molecule has 2 aromatic heterocycles. The average Bonchev–Trinajstić information content (AvgIpc) is 2.65. The summed E-state index contributed by atoms with van der Waals surface area (Å²) in [4.78, 5) is 26.9. The van der Waals surface area contributed by atoms with Gasteiger partial charge in [-0.1, -0.05) is 0 Å². The van der Waals surface area contributed by atoms with E-state index in [1.165, 1.54) is 6.33 Å². The SMILES string of the molecule is NCCC(=O)Nc1nc(N)nc2[n-]cnc12.[Y]. The molecule has 0 unspecified atom stereocenters. The van der Waals surface area contributed by atoms with Gasteiger partial charge in [0, 0.05) is 56.8 Å². The Bertz CT molecular complexity index is 526. The molecular formula is C8H10N7OY-. The van der Waals surface area contributed by atoms with Gasteiger partial charge < -0.3 is 31.7 Å². The van der Waals surface area contributed by atoms with Gasteiger partial charge in [0.2, 0.25) is 5.91 Å². The molecule has 2 aromatic rings. The van der Waals surface area contributed by atoms with Crippen LogP contribution in [0.4, 0.5) is 11.8 Å². The number of amides is 1. The maximum atomic E-state index is 11.3. The number of fused-ring (bicyclic) bond motifs is 1. The van der Waals surface area contributed by atoms with E-state index in [4.69, 9.17) is 11.5 Å². The molecule has 8 nitrogen and oxygen atoms in total. The number of nitrogens with two attached hydrogens (primary N) is 2. The first-order valence-corrected chi connectivity index (χ1v) is 4.61. The van der Waals surface area contributed by atoms with Crippen LogP contribution in [0.3, 0.4) is 0 Å². The van der Waals surface area contributed by atoms with Crippen molar-refractivity contribution < 1.29 is 37.5 Å². The number of nitrogens with one attached hydrogen (secondary N) is 1. The minimum Gasteiger partial charge on any atom is -0.381 e. The van der Waals surface area contributed by atoms with Crippen molar-refractivity contribution in [2.75, 3.05) is 17.6 Å². The van der Waals surface area contributed by atoms with Crippen LogP contribution in [0.15, 0.2) is 6.33 Å². The predicted octanol–water partition coefficient (Wildman–Crippen LogP) is -1.15. The summed E-state index contributed by atoms with van der Waals surface area (Å²) in [6.45, 7) is 0.266. The molecule has 0 aromatic carbocycles. The second-order valence-corrected chi connectivity index (χ2v) is 3.06. The number of rotatable bonds is 3. The molecule has 0 aliphatic rings. The van der Waals surface area contributed by atoms with Gasteiger partial charge in [0.25, 0.3) is 0 Å². The van der Waals surface area contributed by atoms with E-state index in [9.17, 15) is 4.79 Å². The van der Waals surface area contributed by atoms with Crippen molar-refractivity contribution in [2.24, 2.45) is 5.73 Å². The molecule has 2 rings (SSSR count). The number of hydrogen-bond acceptors (Lipinski definition) is 6. The van der Waals surface area contributed by atoms with E-state index < -0.39 is 0 Å². The van der Waals surface area contributed by atoms with E-state index >= 15 is 0 Å². The van der Waals surface area contributed by atoms with Gasteiger partial charge in [-0.2, -0.15) is 0 Å². The Morgan fingerprint density at radius 1 is 1.47 bits per heavy atom. The number of carbonyl (C=O) groups is 1. The fourth-order valence-corrected chi connectivity index (χ4v) is 1.22. The Labute approximate surface area is 122 Å². The Balaban J connectivity index is 0.00000144. The number of nitrogen functional groups attached to an aromatic ring is 1.